The average molecular weight is 207 g/mol. The van der Waals surface area contributed by atoms with Crippen LogP contribution in [0.1, 0.15) is 16.8 Å². The highest BCUT2D eigenvalue weighted by molar-refractivity contribution is 6.00. The van der Waals surface area contributed by atoms with Crippen molar-refractivity contribution in [3.05, 3.63) is 23.9 Å². The Morgan fingerprint density at radius 1 is 1.67 bits per heavy atom. The minimum atomic E-state index is -0.0388. The molecule has 4 nitrogen and oxygen atoms in total. The first-order valence-corrected chi connectivity index (χ1v) is 4.94. The number of Topliss-reactive ketones (excluding diaryl/α,β-unsaturated/α-hetero) is 1. The molecular weight excluding hydrogens is 194 g/mol. The number of aromatic nitrogens is 1. The molecule has 1 aliphatic heterocycles. The molecule has 1 aromatic heterocycles. The summed E-state index contributed by atoms with van der Waals surface area (Å²) in [5, 5.41) is 0. The van der Waals surface area contributed by atoms with E-state index in [4.69, 9.17) is 9.47 Å². The zero-order valence-electron chi connectivity index (χ0n) is 8.60. The number of carbonyl (C=O) groups is 1. The van der Waals surface area contributed by atoms with E-state index in [0.29, 0.717) is 24.7 Å². The van der Waals surface area contributed by atoms with Gasteiger partial charge in [-0.05, 0) is 18.6 Å². The predicted molar refractivity (Wildman–Crippen MR) is 54.0 cm³/mol. The van der Waals surface area contributed by atoms with Crippen LogP contribution in [0, 0.1) is 5.92 Å². The van der Waals surface area contributed by atoms with Gasteiger partial charge in [-0.25, -0.2) is 4.98 Å². The van der Waals surface area contributed by atoms with Gasteiger partial charge in [-0.15, -0.1) is 0 Å². The first-order chi connectivity index (χ1) is 7.33. The highest BCUT2D eigenvalue weighted by Gasteiger charge is 2.26. The third-order valence-electron chi connectivity index (χ3n) is 2.53. The Balaban J connectivity index is 2.24. The molecule has 0 radical (unpaired) electrons. The fourth-order valence-electron chi connectivity index (χ4n) is 1.70. The number of hydrogen-bond donors (Lipinski definition) is 0. The van der Waals surface area contributed by atoms with E-state index in [1.807, 2.05) is 0 Å². The summed E-state index contributed by atoms with van der Waals surface area (Å²) in [5.74, 6) is 0.426. The van der Waals surface area contributed by atoms with Crippen LogP contribution >= 0.6 is 0 Å². The van der Waals surface area contributed by atoms with Crippen molar-refractivity contribution in [3.63, 3.8) is 0 Å². The number of rotatable bonds is 3. The molecule has 0 N–H and O–H groups in total. The molecule has 0 amide bonds. The van der Waals surface area contributed by atoms with Crippen molar-refractivity contribution >= 4 is 5.78 Å². The molecule has 1 saturated heterocycles. The SMILES string of the molecule is COc1ncccc1C(=O)C1CCOC1. The first-order valence-electron chi connectivity index (χ1n) is 4.94. The molecule has 0 saturated carbocycles. The first kappa shape index (κ1) is 10.1. The zero-order valence-corrected chi connectivity index (χ0v) is 8.60. The van der Waals surface area contributed by atoms with Crippen LogP contribution in [0.15, 0.2) is 18.3 Å². The van der Waals surface area contributed by atoms with Gasteiger partial charge in [0.1, 0.15) is 0 Å². The number of nitrogens with zero attached hydrogens (tertiary/aromatic N) is 1. The van der Waals surface area contributed by atoms with Crippen molar-refractivity contribution in [2.75, 3.05) is 20.3 Å². The number of carbonyl (C=O) groups excluding carboxylic acids is 1. The molecule has 0 bridgehead atoms. The normalized spacial score (nSPS) is 20.2. The molecule has 1 fully saturated rings. The van der Waals surface area contributed by atoms with Gasteiger partial charge >= 0.3 is 0 Å². The number of pyridine rings is 1. The molecule has 1 unspecified atom stereocenters. The minimum absolute atomic E-state index is 0.0388. The Kier molecular flexibility index (Phi) is 2.97. The van der Waals surface area contributed by atoms with E-state index < -0.39 is 0 Å². The minimum Gasteiger partial charge on any atom is -0.480 e. The predicted octanol–water partition coefficient (Wildman–Crippen LogP) is 1.31. The van der Waals surface area contributed by atoms with Crippen LogP contribution in [-0.2, 0) is 4.74 Å². The van der Waals surface area contributed by atoms with Gasteiger partial charge in [0.25, 0.3) is 0 Å². The van der Waals surface area contributed by atoms with E-state index in [0.717, 1.165) is 6.42 Å². The van der Waals surface area contributed by atoms with Crippen molar-refractivity contribution in [1.29, 1.82) is 0 Å². The molecule has 15 heavy (non-hydrogen) atoms. The molecule has 1 aromatic rings. The van der Waals surface area contributed by atoms with Crippen LogP contribution in [0.25, 0.3) is 0 Å². The molecule has 4 heteroatoms. The highest BCUT2D eigenvalue weighted by atomic mass is 16.5. The number of ether oxygens (including phenoxy) is 2. The van der Waals surface area contributed by atoms with Crippen LogP contribution < -0.4 is 4.74 Å². The third kappa shape index (κ3) is 1.99. The van der Waals surface area contributed by atoms with Crippen molar-refractivity contribution in [2.45, 2.75) is 6.42 Å². The van der Waals surface area contributed by atoms with Gasteiger partial charge in [0.2, 0.25) is 5.88 Å². The zero-order chi connectivity index (χ0) is 10.7. The topological polar surface area (TPSA) is 48.4 Å². The molecule has 1 atom stereocenters. The molecule has 2 rings (SSSR count). The number of ketones is 1. The van der Waals surface area contributed by atoms with Crippen molar-refractivity contribution in [2.24, 2.45) is 5.92 Å². The third-order valence-corrected chi connectivity index (χ3v) is 2.53. The Hall–Kier alpha value is -1.42. The maximum atomic E-state index is 12.0. The Morgan fingerprint density at radius 2 is 2.53 bits per heavy atom. The second-order valence-corrected chi connectivity index (χ2v) is 3.49. The quantitative estimate of drug-likeness (QED) is 0.701. The van der Waals surface area contributed by atoms with Gasteiger partial charge in [0, 0.05) is 18.7 Å². The monoisotopic (exact) mass is 207 g/mol. The second-order valence-electron chi connectivity index (χ2n) is 3.49. The van der Waals surface area contributed by atoms with E-state index in [1.54, 1.807) is 18.3 Å². The largest absolute Gasteiger partial charge is 0.480 e. The highest BCUT2D eigenvalue weighted by Crippen LogP contribution is 2.23. The summed E-state index contributed by atoms with van der Waals surface area (Å²) in [6.45, 7) is 1.18. The summed E-state index contributed by atoms with van der Waals surface area (Å²) in [4.78, 5) is 16.0. The van der Waals surface area contributed by atoms with Crippen LogP contribution in [-0.4, -0.2) is 31.1 Å². The van der Waals surface area contributed by atoms with Gasteiger partial charge in [-0.3, -0.25) is 4.79 Å². The van der Waals surface area contributed by atoms with Crippen LogP contribution in [0.5, 0.6) is 5.88 Å². The maximum absolute atomic E-state index is 12.0. The maximum Gasteiger partial charge on any atom is 0.224 e. The molecule has 80 valence electrons. The Bertz CT molecular complexity index is 359. The van der Waals surface area contributed by atoms with Crippen LogP contribution in [0.3, 0.4) is 0 Å². The number of methoxy groups -OCH3 is 1. The standard InChI is InChI=1S/C11H13NO3/c1-14-11-9(3-2-5-12-11)10(13)8-4-6-15-7-8/h2-3,5,8H,4,6-7H2,1H3. The molecular formula is C11H13NO3. The summed E-state index contributed by atoms with van der Waals surface area (Å²) in [6, 6.07) is 3.48. The second kappa shape index (κ2) is 4.40. The molecule has 0 spiro atoms. The van der Waals surface area contributed by atoms with E-state index >= 15 is 0 Å². The number of hydrogen-bond acceptors (Lipinski definition) is 4. The lowest BCUT2D eigenvalue weighted by Gasteiger charge is -2.09. The van der Waals surface area contributed by atoms with Gasteiger partial charge in [0.05, 0.1) is 19.3 Å². The van der Waals surface area contributed by atoms with Gasteiger partial charge in [-0.2, -0.15) is 0 Å². The van der Waals surface area contributed by atoms with Gasteiger partial charge in [0.15, 0.2) is 5.78 Å². The summed E-state index contributed by atoms with van der Waals surface area (Å²) in [7, 11) is 1.52. The van der Waals surface area contributed by atoms with E-state index in [1.165, 1.54) is 7.11 Å². The van der Waals surface area contributed by atoms with Crippen molar-refractivity contribution in [1.82, 2.24) is 4.98 Å². The fraction of sp³-hybridized carbons (Fsp3) is 0.455. The van der Waals surface area contributed by atoms with Crippen LogP contribution in [0.4, 0.5) is 0 Å². The summed E-state index contributed by atoms with van der Waals surface area (Å²) < 4.78 is 10.2. The summed E-state index contributed by atoms with van der Waals surface area (Å²) in [6.07, 6.45) is 2.40. The summed E-state index contributed by atoms with van der Waals surface area (Å²) in [5.41, 5.74) is 0.551. The summed E-state index contributed by atoms with van der Waals surface area (Å²) >= 11 is 0. The molecule has 0 aliphatic carbocycles. The van der Waals surface area contributed by atoms with E-state index in [-0.39, 0.29) is 11.7 Å². The van der Waals surface area contributed by atoms with Gasteiger partial charge in [-0.1, -0.05) is 0 Å². The van der Waals surface area contributed by atoms with Crippen molar-refractivity contribution < 1.29 is 14.3 Å². The molecule has 2 heterocycles. The Morgan fingerprint density at radius 3 is 3.20 bits per heavy atom. The molecule has 0 aromatic carbocycles. The lowest BCUT2D eigenvalue weighted by atomic mass is 9.98. The Labute approximate surface area is 88.2 Å². The molecule has 1 aliphatic rings. The van der Waals surface area contributed by atoms with E-state index in [2.05, 4.69) is 4.98 Å². The van der Waals surface area contributed by atoms with E-state index in [9.17, 15) is 4.79 Å². The smallest absolute Gasteiger partial charge is 0.224 e. The van der Waals surface area contributed by atoms with Gasteiger partial charge < -0.3 is 9.47 Å². The fourth-order valence-corrected chi connectivity index (χ4v) is 1.70. The van der Waals surface area contributed by atoms with Crippen LogP contribution in [0.2, 0.25) is 0 Å². The van der Waals surface area contributed by atoms with Crippen molar-refractivity contribution in [3.8, 4) is 5.88 Å². The lowest BCUT2D eigenvalue weighted by Crippen LogP contribution is -2.15. The average Bonchev–Trinajstić information content (AvgIpc) is 2.81. The lowest BCUT2D eigenvalue weighted by molar-refractivity contribution is 0.0896.